The molecule has 0 bridgehead atoms. The lowest BCUT2D eigenvalue weighted by Gasteiger charge is -2.27. The van der Waals surface area contributed by atoms with Gasteiger partial charge in [-0.2, -0.15) is 0 Å². The summed E-state index contributed by atoms with van der Waals surface area (Å²) in [6, 6.07) is 0. The summed E-state index contributed by atoms with van der Waals surface area (Å²) >= 11 is 0. The van der Waals surface area contributed by atoms with Gasteiger partial charge in [0.25, 0.3) is 0 Å². The van der Waals surface area contributed by atoms with Crippen LogP contribution in [-0.4, -0.2) is 25.8 Å². The fourth-order valence-electron chi connectivity index (χ4n) is 3.60. The van der Waals surface area contributed by atoms with Gasteiger partial charge < -0.3 is 10.1 Å². The second-order valence-electron chi connectivity index (χ2n) is 6.16. The van der Waals surface area contributed by atoms with Crippen LogP contribution in [0.5, 0.6) is 0 Å². The molecule has 1 saturated heterocycles. The van der Waals surface area contributed by atoms with Crippen molar-refractivity contribution in [3.63, 3.8) is 0 Å². The Hall–Kier alpha value is -0.0800. The first-order valence-electron chi connectivity index (χ1n) is 7.62. The molecule has 100 valence electrons. The molecule has 0 radical (unpaired) electrons. The summed E-state index contributed by atoms with van der Waals surface area (Å²) in [7, 11) is 0. The average molecular weight is 239 g/mol. The van der Waals surface area contributed by atoms with Gasteiger partial charge in [0.2, 0.25) is 0 Å². The average Bonchev–Trinajstić information content (AvgIpc) is 2.77. The fourth-order valence-corrected chi connectivity index (χ4v) is 3.60. The molecular formula is C15H29NO. The summed E-state index contributed by atoms with van der Waals surface area (Å²) < 4.78 is 5.73. The summed E-state index contributed by atoms with van der Waals surface area (Å²) in [6.45, 7) is 8.03. The molecule has 2 nitrogen and oxygen atoms in total. The molecule has 0 amide bonds. The number of rotatable bonds is 5. The quantitative estimate of drug-likeness (QED) is 0.795. The van der Waals surface area contributed by atoms with Gasteiger partial charge in [-0.15, -0.1) is 0 Å². The molecule has 4 unspecified atom stereocenters. The largest absolute Gasteiger partial charge is 0.378 e. The number of nitrogens with one attached hydrogen (secondary N) is 1. The van der Waals surface area contributed by atoms with Crippen LogP contribution in [0.4, 0.5) is 0 Å². The van der Waals surface area contributed by atoms with Gasteiger partial charge in [0.15, 0.2) is 0 Å². The zero-order valence-corrected chi connectivity index (χ0v) is 11.6. The number of hydrogen-bond donors (Lipinski definition) is 1. The van der Waals surface area contributed by atoms with Crippen molar-refractivity contribution in [2.45, 2.75) is 58.5 Å². The summed E-state index contributed by atoms with van der Waals surface area (Å²) in [6.07, 6.45) is 8.72. The van der Waals surface area contributed by atoms with Gasteiger partial charge in [-0.25, -0.2) is 0 Å². The molecule has 2 fully saturated rings. The Morgan fingerprint density at radius 3 is 2.82 bits per heavy atom. The minimum atomic E-state index is 0.521. The Balaban J connectivity index is 1.62. The molecular weight excluding hydrogens is 210 g/mol. The molecule has 0 spiro atoms. The normalized spacial score (nSPS) is 38.5. The zero-order chi connectivity index (χ0) is 12.1. The van der Waals surface area contributed by atoms with Crippen LogP contribution in [0.2, 0.25) is 0 Å². The van der Waals surface area contributed by atoms with Gasteiger partial charge in [0.1, 0.15) is 0 Å². The highest BCUT2D eigenvalue weighted by molar-refractivity contribution is 4.78. The molecule has 1 saturated carbocycles. The highest BCUT2D eigenvalue weighted by Crippen LogP contribution is 2.28. The SMILES string of the molecule is CCC1OCCC1CNCC1CCCC(C)C1. The molecule has 1 aliphatic carbocycles. The predicted octanol–water partition coefficient (Wildman–Crippen LogP) is 3.22. The minimum absolute atomic E-state index is 0.521. The van der Waals surface area contributed by atoms with E-state index < -0.39 is 0 Å². The molecule has 2 rings (SSSR count). The van der Waals surface area contributed by atoms with Crippen molar-refractivity contribution in [1.29, 1.82) is 0 Å². The molecule has 0 aromatic rings. The summed E-state index contributed by atoms with van der Waals surface area (Å²) in [5, 5.41) is 3.70. The Morgan fingerprint density at radius 1 is 1.18 bits per heavy atom. The Kier molecular flexibility index (Phi) is 5.30. The van der Waals surface area contributed by atoms with E-state index in [1.54, 1.807) is 0 Å². The van der Waals surface area contributed by atoms with E-state index >= 15 is 0 Å². The van der Waals surface area contributed by atoms with E-state index in [1.165, 1.54) is 51.6 Å². The van der Waals surface area contributed by atoms with Crippen molar-refractivity contribution in [1.82, 2.24) is 5.32 Å². The summed E-state index contributed by atoms with van der Waals surface area (Å²) in [5.74, 6) is 2.65. The van der Waals surface area contributed by atoms with Crippen LogP contribution in [-0.2, 0) is 4.74 Å². The van der Waals surface area contributed by atoms with Crippen molar-refractivity contribution in [2.75, 3.05) is 19.7 Å². The third kappa shape index (κ3) is 3.96. The van der Waals surface area contributed by atoms with Crippen LogP contribution in [0.15, 0.2) is 0 Å². The van der Waals surface area contributed by atoms with Gasteiger partial charge in [-0.05, 0) is 50.0 Å². The standard InChI is InChI=1S/C15H29NO/c1-3-15-14(7-8-17-15)11-16-10-13-6-4-5-12(2)9-13/h12-16H,3-11H2,1-2H3. The van der Waals surface area contributed by atoms with Crippen molar-refractivity contribution in [3.8, 4) is 0 Å². The van der Waals surface area contributed by atoms with Crippen molar-refractivity contribution in [3.05, 3.63) is 0 Å². The van der Waals surface area contributed by atoms with Gasteiger partial charge in [-0.3, -0.25) is 0 Å². The molecule has 0 aromatic heterocycles. The molecule has 4 atom stereocenters. The fraction of sp³-hybridized carbons (Fsp3) is 1.00. The first-order valence-corrected chi connectivity index (χ1v) is 7.62. The van der Waals surface area contributed by atoms with E-state index in [0.717, 1.165) is 24.4 Å². The third-order valence-electron chi connectivity index (χ3n) is 4.63. The van der Waals surface area contributed by atoms with Crippen LogP contribution >= 0.6 is 0 Å². The molecule has 17 heavy (non-hydrogen) atoms. The van der Waals surface area contributed by atoms with E-state index in [9.17, 15) is 0 Å². The Labute approximate surface area is 107 Å². The lowest BCUT2D eigenvalue weighted by Crippen LogP contribution is -2.33. The predicted molar refractivity (Wildman–Crippen MR) is 72.1 cm³/mol. The molecule has 1 heterocycles. The second-order valence-corrected chi connectivity index (χ2v) is 6.16. The van der Waals surface area contributed by atoms with Gasteiger partial charge >= 0.3 is 0 Å². The molecule has 2 aliphatic rings. The Bertz CT molecular complexity index is 219. The van der Waals surface area contributed by atoms with Gasteiger partial charge in [-0.1, -0.05) is 26.7 Å². The van der Waals surface area contributed by atoms with E-state index in [0.29, 0.717) is 6.10 Å². The van der Waals surface area contributed by atoms with Crippen molar-refractivity contribution >= 4 is 0 Å². The summed E-state index contributed by atoms with van der Waals surface area (Å²) in [4.78, 5) is 0. The second kappa shape index (κ2) is 6.75. The Morgan fingerprint density at radius 2 is 2.06 bits per heavy atom. The van der Waals surface area contributed by atoms with Crippen LogP contribution in [0.3, 0.4) is 0 Å². The first kappa shape index (κ1) is 13.4. The lowest BCUT2D eigenvalue weighted by atomic mass is 9.82. The van der Waals surface area contributed by atoms with Gasteiger partial charge in [0, 0.05) is 13.2 Å². The van der Waals surface area contributed by atoms with E-state index in [2.05, 4.69) is 19.2 Å². The molecule has 0 aromatic carbocycles. The van der Waals surface area contributed by atoms with Gasteiger partial charge in [0.05, 0.1) is 6.10 Å². The maximum absolute atomic E-state index is 5.73. The maximum atomic E-state index is 5.73. The monoisotopic (exact) mass is 239 g/mol. The highest BCUT2D eigenvalue weighted by Gasteiger charge is 2.26. The topological polar surface area (TPSA) is 21.3 Å². The molecule has 2 heteroatoms. The minimum Gasteiger partial charge on any atom is -0.378 e. The van der Waals surface area contributed by atoms with E-state index in [-0.39, 0.29) is 0 Å². The summed E-state index contributed by atoms with van der Waals surface area (Å²) in [5.41, 5.74) is 0. The smallest absolute Gasteiger partial charge is 0.0613 e. The number of ether oxygens (including phenoxy) is 1. The lowest BCUT2D eigenvalue weighted by molar-refractivity contribution is 0.0868. The van der Waals surface area contributed by atoms with Crippen LogP contribution < -0.4 is 5.32 Å². The first-order chi connectivity index (χ1) is 8.29. The van der Waals surface area contributed by atoms with E-state index in [4.69, 9.17) is 4.74 Å². The molecule has 1 N–H and O–H groups in total. The van der Waals surface area contributed by atoms with E-state index in [1.807, 2.05) is 0 Å². The van der Waals surface area contributed by atoms with Crippen molar-refractivity contribution < 1.29 is 4.74 Å². The molecule has 1 aliphatic heterocycles. The van der Waals surface area contributed by atoms with Crippen molar-refractivity contribution in [2.24, 2.45) is 17.8 Å². The van der Waals surface area contributed by atoms with Crippen LogP contribution in [0, 0.1) is 17.8 Å². The zero-order valence-electron chi connectivity index (χ0n) is 11.6. The number of hydrogen-bond acceptors (Lipinski definition) is 2. The highest BCUT2D eigenvalue weighted by atomic mass is 16.5. The van der Waals surface area contributed by atoms with Crippen LogP contribution in [0.1, 0.15) is 52.4 Å². The third-order valence-corrected chi connectivity index (χ3v) is 4.63. The van der Waals surface area contributed by atoms with Crippen LogP contribution in [0.25, 0.3) is 0 Å². The maximum Gasteiger partial charge on any atom is 0.0613 e.